The van der Waals surface area contributed by atoms with Gasteiger partial charge in [-0.25, -0.2) is 9.59 Å². The molecule has 1 aliphatic carbocycles. The highest BCUT2D eigenvalue weighted by atomic mass is 16.5. The van der Waals surface area contributed by atoms with Crippen molar-refractivity contribution >= 4 is 18.0 Å². The largest absolute Gasteiger partial charge is 0.480 e. The zero-order valence-electron chi connectivity index (χ0n) is 20.1. The third-order valence-corrected chi connectivity index (χ3v) is 6.13. The van der Waals surface area contributed by atoms with Crippen molar-refractivity contribution in [3.63, 3.8) is 0 Å². The Bertz CT molecular complexity index is 1020. The van der Waals surface area contributed by atoms with Crippen molar-refractivity contribution in [3.05, 3.63) is 59.7 Å². The molecule has 4 N–H and O–H groups in total. The van der Waals surface area contributed by atoms with Crippen molar-refractivity contribution in [2.24, 2.45) is 0 Å². The standard InChI is InChI=1S/C26H32N2O7/c1-26(2,34-3)13-22(24(31)32)28-23(30)12-16(29)14-27-25(33)35-15-21-19-10-6-4-8-17(19)18-9-5-7-11-20(18)21/h4-11,16,21-22,29H,12-15H2,1-3H3,(H,27,33)(H,28,30)(H,31,32). The summed E-state index contributed by atoms with van der Waals surface area (Å²) in [6.45, 7) is 3.34. The fourth-order valence-corrected chi connectivity index (χ4v) is 4.17. The van der Waals surface area contributed by atoms with Gasteiger partial charge in [0.25, 0.3) is 0 Å². The molecular weight excluding hydrogens is 452 g/mol. The lowest BCUT2D eigenvalue weighted by Gasteiger charge is -2.27. The van der Waals surface area contributed by atoms with E-state index in [0.717, 1.165) is 22.3 Å². The number of aliphatic hydroxyl groups excluding tert-OH is 1. The number of carboxylic acids is 1. The first-order valence-corrected chi connectivity index (χ1v) is 11.5. The van der Waals surface area contributed by atoms with Crippen molar-refractivity contribution in [3.8, 4) is 11.1 Å². The van der Waals surface area contributed by atoms with Crippen LogP contribution in [0.25, 0.3) is 11.1 Å². The van der Waals surface area contributed by atoms with Crippen LogP contribution < -0.4 is 10.6 Å². The second-order valence-electron chi connectivity index (χ2n) is 9.19. The van der Waals surface area contributed by atoms with E-state index >= 15 is 0 Å². The number of aliphatic hydroxyl groups is 1. The molecule has 0 fully saturated rings. The third-order valence-electron chi connectivity index (χ3n) is 6.13. The van der Waals surface area contributed by atoms with Crippen LogP contribution in [0.4, 0.5) is 4.79 Å². The molecule has 0 heterocycles. The summed E-state index contributed by atoms with van der Waals surface area (Å²) in [6.07, 6.45) is -2.24. The molecule has 9 heteroatoms. The summed E-state index contributed by atoms with van der Waals surface area (Å²) in [5.41, 5.74) is 3.66. The van der Waals surface area contributed by atoms with Gasteiger partial charge in [0.15, 0.2) is 0 Å². The van der Waals surface area contributed by atoms with E-state index in [1.165, 1.54) is 7.11 Å². The van der Waals surface area contributed by atoms with Gasteiger partial charge in [-0.3, -0.25) is 4.79 Å². The third kappa shape index (κ3) is 6.80. The molecule has 0 aliphatic heterocycles. The maximum Gasteiger partial charge on any atom is 0.407 e. The number of methoxy groups -OCH3 is 1. The van der Waals surface area contributed by atoms with Crippen molar-refractivity contribution in [1.82, 2.24) is 10.6 Å². The molecule has 35 heavy (non-hydrogen) atoms. The number of amides is 2. The minimum absolute atomic E-state index is 0.0542. The fourth-order valence-electron chi connectivity index (χ4n) is 4.17. The summed E-state index contributed by atoms with van der Waals surface area (Å²) in [6, 6.07) is 14.8. The van der Waals surface area contributed by atoms with Crippen LogP contribution in [0, 0.1) is 0 Å². The zero-order valence-corrected chi connectivity index (χ0v) is 20.1. The number of ether oxygens (including phenoxy) is 2. The van der Waals surface area contributed by atoms with Gasteiger partial charge in [0, 0.05) is 26.0 Å². The minimum Gasteiger partial charge on any atom is -0.480 e. The molecule has 2 unspecified atom stereocenters. The Labute approximate surface area is 204 Å². The number of hydrogen-bond acceptors (Lipinski definition) is 6. The van der Waals surface area contributed by atoms with Gasteiger partial charge in [-0.05, 0) is 36.1 Å². The van der Waals surface area contributed by atoms with E-state index in [4.69, 9.17) is 9.47 Å². The molecule has 2 aromatic carbocycles. The van der Waals surface area contributed by atoms with Gasteiger partial charge in [0.2, 0.25) is 5.91 Å². The number of aliphatic carboxylic acids is 1. The summed E-state index contributed by atoms with van der Waals surface area (Å²) in [4.78, 5) is 35.9. The number of alkyl carbamates (subject to hydrolysis) is 1. The maximum atomic E-state index is 12.2. The average Bonchev–Trinajstić information content (AvgIpc) is 3.14. The number of rotatable bonds is 11. The number of nitrogens with one attached hydrogen (secondary N) is 2. The van der Waals surface area contributed by atoms with Crippen molar-refractivity contribution in [1.29, 1.82) is 0 Å². The van der Waals surface area contributed by atoms with Crippen LogP contribution in [0.3, 0.4) is 0 Å². The Hall–Kier alpha value is -3.43. The topological polar surface area (TPSA) is 134 Å². The van der Waals surface area contributed by atoms with E-state index in [1.807, 2.05) is 48.5 Å². The van der Waals surface area contributed by atoms with Crippen LogP contribution in [0.15, 0.2) is 48.5 Å². The van der Waals surface area contributed by atoms with Crippen LogP contribution in [0.5, 0.6) is 0 Å². The molecule has 1 aliphatic rings. The highest BCUT2D eigenvalue weighted by Gasteiger charge is 2.30. The molecule has 9 nitrogen and oxygen atoms in total. The van der Waals surface area contributed by atoms with E-state index in [1.54, 1.807) is 13.8 Å². The summed E-state index contributed by atoms with van der Waals surface area (Å²) in [5.74, 6) is -1.94. The Kier molecular flexibility index (Phi) is 8.48. The molecule has 2 aromatic rings. The lowest BCUT2D eigenvalue weighted by molar-refractivity contribution is -0.144. The summed E-state index contributed by atoms with van der Waals surface area (Å²) >= 11 is 0. The smallest absolute Gasteiger partial charge is 0.407 e. The Morgan fingerprint density at radius 3 is 2.14 bits per heavy atom. The molecule has 2 amide bonds. The molecular formula is C26H32N2O7. The highest BCUT2D eigenvalue weighted by molar-refractivity contribution is 5.84. The van der Waals surface area contributed by atoms with Gasteiger partial charge < -0.3 is 30.3 Å². The predicted octanol–water partition coefficient (Wildman–Crippen LogP) is 2.66. The molecule has 0 aromatic heterocycles. The van der Waals surface area contributed by atoms with Crippen LogP contribution in [-0.4, -0.2) is 66.2 Å². The fraction of sp³-hybridized carbons (Fsp3) is 0.423. The molecule has 0 bridgehead atoms. The van der Waals surface area contributed by atoms with Crippen molar-refractivity contribution < 1.29 is 34.1 Å². The SMILES string of the molecule is COC(C)(C)CC(NC(=O)CC(O)CNC(=O)OCC1c2ccccc2-c2ccccc21)C(=O)O. The van der Waals surface area contributed by atoms with Crippen molar-refractivity contribution in [2.45, 2.75) is 50.4 Å². The second-order valence-corrected chi connectivity index (χ2v) is 9.19. The van der Waals surface area contributed by atoms with Gasteiger partial charge in [-0.1, -0.05) is 48.5 Å². The van der Waals surface area contributed by atoms with Crippen LogP contribution in [0.2, 0.25) is 0 Å². The first-order valence-electron chi connectivity index (χ1n) is 11.5. The monoisotopic (exact) mass is 484 g/mol. The molecule has 2 atom stereocenters. The lowest BCUT2D eigenvalue weighted by Crippen LogP contribution is -2.47. The number of carbonyl (C=O) groups is 3. The van der Waals surface area contributed by atoms with E-state index in [2.05, 4.69) is 10.6 Å². The molecule has 0 radical (unpaired) electrons. The van der Waals surface area contributed by atoms with E-state index in [0.29, 0.717) is 0 Å². The number of benzene rings is 2. The second kappa shape index (κ2) is 11.3. The Morgan fingerprint density at radius 2 is 1.60 bits per heavy atom. The lowest BCUT2D eigenvalue weighted by atomic mass is 9.98. The molecule has 3 rings (SSSR count). The van der Waals surface area contributed by atoms with Crippen molar-refractivity contribution in [2.75, 3.05) is 20.3 Å². The molecule has 188 valence electrons. The van der Waals surface area contributed by atoms with E-state index in [9.17, 15) is 24.6 Å². The van der Waals surface area contributed by atoms with Gasteiger partial charge in [-0.2, -0.15) is 0 Å². The minimum atomic E-state index is -1.21. The van der Waals surface area contributed by atoms with Gasteiger partial charge in [-0.15, -0.1) is 0 Å². The predicted molar refractivity (Wildman–Crippen MR) is 129 cm³/mol. The van der Waals surface area contributed by atoms with Gasteiger partial charge in [0.05, 0.1) is 18.1 Å². The van der Waals surface area contributed by atoms with Gasteiger partial charge >= 0.3 is 12.1 Å². The Balaban J connectivity index is 1.46. The molecule has 0 saturated heterocycles. The zero-order chi connectivity index (χ0) is 25.6. The van der Waals surface area contributed by atoms with Gasteiger partial charge in [0.1, 0.15) is 12.6 Å². The maximum absolute atomic E-state index is 12.2. The highest BCUT2D eigenvalue weighted by Crippen LogP contribution is 2.44. The van der Waals surface area contributed by atoms with Crippen LogP contribution >= 0.6 is 0 Å². The first kappa shape index (κ1) is 26.2. The van der Waals surface area contributed by atoms with Crippen LogP contribution in [0.1, 0.15) is 43.7 Å². The number of hydrogen-bond donors (Lipinski definition) is 4. The van der Waals surface area contributed by atoms with E-state index < -0.39 is 35.7 Å². The summed E-state index contributed by atoms with van der Waals surface area (Å²) in [7, 11) is 1.46. The molecule has 0 spiro atoms. The summed E-state index contributed by atoms with van der Waals surface area (Å²) in [5, 5.41) is 24.3. The summed E-state index contributed by atoms with van der Waals surface area (Å²) < 4.78 is 10.6. The number of fused-ring (bicyclic) bond motifs is 3. The van der Waals surface area contributed by atoms with Crippen LogP contribution in [-0.2, 0) is 19.1 Å². The first-order chi connectivity index (χ1) is 16.6. The Morgan fingerprint density at radius 1 is 1.03 bits per heavy atom. The normalized spacial score (nSPS) is 14.4. The molecule has 0 saturated carbocycles. The average molecular weight is 485 g/mol. The van der Waals surface area contributed by atoms with E-state index in [-0.39, 0.29) is 31.9 Å². The quantitative estimate of drug-likeness (QED) is 0.385. The number of carbonyl (C=O) groups excluding carboxylic acids is 2. The number of carboxylic acid groups (broad SMARTS) is 1.